The lowest BCUT2D eigenvalue weighted by Gasteiger charge is -2.28. The van der Waals surface area contributed by atoms with E-state index in [1.54, 1.807) is 19.1 Å². The number of benzene rings is 2. The van der Waals surface area contributed by atoms with Crippen molar-refractivity contribution < 1.29 is 33.7 Å². The highest BCUT2D eigenvalue weighted by Crippen LogP contribution is 2.50. The van der Waals surface area contributed by atoms with E-state index in [2.05, 4.69) is 0 Å². The van der Waals surface area contributed by atoms with Crippen LogP contribution in [0.3, 0.4) is 0 Å². The summed E-state index contributed by atoms with van der Waals surface area (Å²) in [4.78, 5) is 36.8. The van der Waals surface area contributed by atoms with E-state index in [9.17, 15) is 24.6 Å². The number of methoxy groups -OCH3 is 1. The van der Waals surface area contributed by atoms with Gasteiger partial charge in [-0.15, -0.1) is 0 Å². The van der Waals surface area contributed by atoms with Gasteiger partial charge in [-0.1, -0.05) is 6.07 Å². The van der Waals surface area contributed by atoms with Gasteiger partial charge in [-0.25, -0.2) is 4.79 Å². The Bertz CT molecular complexity index is 1280. The Hall–Kier alpha value is -3.81. The highest BCUT2D eigenvalue weighted by molar-refractivity contribution is 6.09. The summed E-state index contributed by atoms with van der Waals surface area (Å²) in [6.07, 6.45) is -0.117. The molecule has 1 aliphatic rings. The molecule has 154 valence electrons. The van der Waals surface area contributed by atoms with Crippen molar-refractivity contribution in [3.8, 4) is 23.0 Å². The summed E-state index contributed by atoms with van der Waals surface area (Å²) in [5.74, 6) is -2.27. The predicted octanol–water partition coefficient (Wildman–Crippen LogP) is 3.16. The summed E-state index contributed by atoms with van der Waals surface area (Å²) in [6.45, 7) is 2.85. The zero-order valence-electron chi connectivity index (χ0n) is 16.4. The van der Waals surface area contributed by atoms with Crippen LogP contribution in [-0.4, -0.2) is 29.1 Å². The van der Waals surface area contributed by atoms with Gasteiger partial charge in [0.15, 0.2) is 23.0 Å². The van der Waals surface area contributed by atoms with Crippen LogP contribution in [-0.2, 0) is 4.79 Å². The van der Waals surface area contributed by atoms with Crippen molar-refractivity contribution in [3.63, 3.8) is 0 Å². The van der Waals surface area contributed by atoms with Gasteiger partial charge in [0.1, 0.15) is 16.9 Å². The molecule has 0 aliphatic carbocycles. The average Bonchev–Trinajstić information content (AvgIpc) is 2.66. The zero-order valence-corrected chi connectivity index (χ0v) is 16.4. The minimum atomic E-state index is -0.691. The molecule has 3 aromatic rings. The largest absolute Gasteiger partial charge is 0.506 e. The standard InChI is InChI=1S/C22H18O8/c1-9-6-15(25)29-21-17(9)20(27)18(10(2)23)22-19(21)12(8-16(26)30-22)11-4-5-14(28-3)13(24)7-11/h4-7,12,24,27H,8H2,1-3H3/t12-/m0/s1. The highest BCUT2D eigenvalue weighted by Gasteiger charge is 2.37. The van der Waals surface area contributed by atoms with Crippen molar-refractivity contribution in [2.45, 2.75) is 26.2 Å². The van der Waals surface area contributed by atoms with Gasteiger partial charge in [-0.2, -0.15) is 0 Å². The quantitative estimate of drug-likeness (QED) is 0.292. The second-order valence-electron chi connectivity index (χ2n) is 7.14. The van der Waals surface area contributed by atoms with Crippen LogP contribution < -0.4 is 15.1 Å². The summed E-state index contributed by atoms with van der Waals surface area (Å²) in [5, 5.41) is 21.2. The van der Waals surface area contributed by atoms with Crippen molar-refractivity contribution >= 4 is 22.7 Å². The number of hydrogen-bond donors (Lipinski definition) is 2. The Balaban J connectivity index is 2.13. The minimum Gasteiger partial charge on any atom is -0.506 e. The maximum absolute atomic E-state index is 12.4. The summed E-state index contributed by atoms with van der Waals surface area (Å²) in [6, 6.07) is 5.85. The summed E-state index contributed by atoms with van der Waals surface area (Å²) < 4.78 is 15.8. The number of rotatable bonds is 3. The first kappa shape index (κ1) is 19.5. The number of phenolic OH excluding ortho intramolecular Hbond substituents is 2. The molecule has 0 saturated heterocycles. The minimum absolute atomic E-state index is 0.0327. The maximum Gasteiger partial charge on any atom is 0.336 e. The van der Waals surface area contributed by atoms with Crippen LogP contribution in [0.5, 0.6) is 23.0 Å². The number of carbonyl (C=O) groups excluding carboxylic acids is 2. The Morgan fingerprint density at radius 2 is 1.93 bits per heavy atom. The van der Waals surface area contributed by atoms with Crippen LogP contribution >= 0.6 is 0 Å². The van der Waals surface area contributed by atoms with Gasteiger partial charge in [-0.05, 0) is 37.1 Å². The Morgan fingerprint density at radius 1 is 1.20 bits per heavy atom. The molecule has 30 heavy (non-hydrogen) atoms. The number of ketones is 1. The van der Waals surface area contributed by atoms with Crippen LogP contribution in [0.2, 0.25) is 0 Å². The lowest BCUT2D eigenvalue weighted by molar-refractivity contribution is -0.135. The molecule has 0 radical (unpaired) electrons. The fourth-order valence-electron chi connectivity index (χ4n) is 3.95. The fraction of sp³-hybridized carbons (Fsp3) is 0.227. The number of aryl methyl sites for hydroxylation is 1. The number of esters is 1. The molecular weight excluding hydrogens is 392 g/mol. The van der Waals surface area contributed by atoms with Gasteiger partial charge in [-0.3, -0.25) is 9.59 Å². The molecule has 1 atom stereocenters. The molecule has 0 saturated carbocycles. The van der Waals surface area contributed by atoms with Gasteiger partial charge in [0.25, 0.3) is 0 Å². The molecule has 8 heteroatoms. The van der Waals surface area contributed by atoms with Gasteiger partial charge >= 0.3 is 11.6 Å². The zero-order chi connectivity index (χ0) is 21.7. The molecule has 1 aromatic heterocycles. The van der Waals surface area contributed by atoms with E-state index in [1.165, 1.54) is 26.2 Å². The molecule has 0 bridgehead atoms. The van der Waals surface area contributed by atoms with Crippen molar-refractivity contribution in [3.05, 3.63) is 56.9 Å². The molecule has 2 heterocycles. The molecule has 2 aromatic carbocycles. The SMILES string of the molecule is COc1ccc([C@@H]2CC(=O)Oc3c(C(C)=O)c(O)c4c(C)cc(=O)oc4c32)cc1O. The lowest BCUT2D eigenvalue weighted by atomic mass is 9.82. The highest BCUT2D eigenvalue weighted by atomic mass is 16.5. The third-order valence-electron chi connectivity index (χ3n) is 5.24. The molecule has 2 N–H and O–H groups in total. The summed E-state index contributed by atoms with van der Waals surface area (Å²) in [5.41, 5.74) is 0.452. The Morgan fingerprint density at radius 3 is 2.57 bits per heavy atom. The summed E-state index contributed by atoms with van der Waals surface area (Å²) >= 11 is 0. The molecule has 0 unspecified atom stereocenters. The Labute approximate surface area is 170 Å². The Kier molecular flexibility index (Phi) is 4.49. The van der Waals surface area contributed by atoms with Crippen LogP contribution in [0, 0.1) is 6.92 Å². The van der Waals surface area contributed by atoms with Crippen LogP contribution in [0.25, 0.3) is 11.0 Å². The smallest absolute Gasteiger partial charge is 0.336 e. The topological polar surface area (TPSA) is 123 Å². The van der Waals surface area contributed by atoms with Crippen LogP contribution in [0.1, 0.15) is 46.3 Å². The van der Waals surface area contributed by atoms with E-state index in [-0.39, 0.29) is 45.8 Å². The van der Waals surface area contributed by atoms with E-state index in [0.717, 1.165) is 0 Å². The fourth-order valence-corrected chi connectivity index (χ4v) is 3.95. The lowest BCUT2D eigenvalue weighted by Crippen LogP contribution is -2.23. The third-order valence-corrected chi connectivity index (χ3v) is 5.24. The number of Topliss-reactive ketones (excluding diaryl/α,β-unsaturated/α-hetero) is 1. The van der Waals surface area contributed by atoms with Crippen molar-refractivity contribution in [2.75, 3.05) is 7.11 Å². The average molecular weight is 410 g/mol. The second-order valence-corrected chi connectivity index (χ2v) is 7.14. The number of carbonyl (C=O) groups is 2. The van der Waals surface area contributed by atoms with Crippen molar-refractivity contribution in [1.29, 1.82) is 0 Å². The van der Waals surface area contributed by atoms with Crippen molar-refractivity contribution in [1.82, 2.24) is 0 Å². The summed E-state index contributed by atoms with van der Waals surface area (Å²) in [7, 11) is 1.41. The van der Waals surface area contributed by atoms with E-state index < -0.39 is 29.0 Å². The molecule has 8 nitrogen and oxygen atoms in total. The van der Waals surface area contributed by atoms with Crippen LogP contribution in [0.15, 0.2) is 33.5 Å². The van der Waals surface area contributed by atoms with E-state index in [4.69, 9.17) is 13.9 Å². The number of aromatic hydroxyl groups is 2. The number of phenols is 2. The molecular formula is C22H18O8. The second kappa shape index (κ2) is 6.91. The van der Waals surface area contributed by atoms with Crippen LogP contribution in [0.4, 0.5) is 0 Å². The molecule has 4 rings (SSSR count). The van der Waals surface area contributed by atoms with E-state index >= 15 is 0 Å². The first-order valence-electron chi connectivity index (χ1n) is 9.14. The molecule has 0 fully saturated rings. The first-order valence-corrected chi connectivity index (χ1v) is 9.14. The number of ether oxygens (including phenoxy) is 2. The number of fused-ring (bicyclic) bond motifs is 3. The maximum atomic E-state index is 12.4. The predicted molar refractivity (Wildman–Crippen MR) is 106 cm³/mol. The monoisotopic (exact) mass is 410 g/mol. The van der Waals surface area contributed by atoms with Gasteiger partial charge < -0.3 is 24.1 Å². The van der Waals surface area contributed by atoms with Gasteiger partial charge in [0, 0.05) is 17.5 Å². The van der Waals surface area contributed by atoms with Gasteiger partial charge in [0.2, 0.25) is 0 Å². The van der Waals surface area contributed by atoms with Crippen molar-refractivity contribution in [2.24, 2.45) is 0 Å². The van der Waals surface area contributed by atoms with E-state index in [1.807, 2.05) is 0 Å². The molecule has 0 amide bonds. The van der Waals surface area contributed by atoms with Gasteiger partial charge in [0.05, 0.1) is 18.9 Å². The van der Waals surface area contributed by atoms with E-state index in [0.29, 0.717) is 11.1 Å². The molecule has 0 spiro atoms. The number of hydrogen-bond acceptors (Lipinski definition) is 8. The normalized spacial score (nSPS) is 15.6. The molecule has 1 aliphatic heterocycles. The third kappa shape index (κ3) is 2.88. The first-order chi connectivity index (χ1) is 14.2.